The molecule has 1 aliphatic heterocycles. The number of allylic oxidation sites excluding steroid dienone is 1. The fraction of sp³-hybridized carbons (Fsp3) is 0.321. The number of hydrogen-bond acceptors (Lipinski definition) is 7. The molecule has 9 nitrogen and oxygen atoms in total. The minimum atomic E-state index is -1.34. The number of oxime groups is 1. The summed E-state index contributed by atoms with van der Waals surface area (Å²) in [4.78, 5) is 40.8. The first kappa shape index (κ1) is 24.0. The Labute approximate surface area is 217 Å². The molecule has 38 heavy (non-hydrogen) atoms. The lowest BCUT2D eigenvalue weighted by Gasteiger charge is -2.19. The van der Waals surface area contributed by atoms with E-state index in [0.717, 1.165) is 47.9 Å². The molecule has 0 spiro atoms. The van der Waals surface area contributed by atoms with Gasteiger partial charge in [0.25, 0.3) is 0 Å². The summed E-state index contributed by atoms with van der Waals surface area (Å²) >= 11 is 0. The molecule has 1 saturated heterocycles. The average Bonchev–Trinajstić information content (AvgIpc) is 3.68. The number of aromatic nitrogens is 2. The van der Waals surface area contributed by atoms with Gasteiger partial charge >= 0.3 is 5.97 Å². The number of aromatic carboxylic acids is 1. The van der Waals surface area contributed by atoms with E-state index in [1.54, 1.807) is 9.47 Å². The molecular weight excluding hydrogens is 489 g/mol. The van der Waals surface area contributed by atoms with Gasteiger partial charge < -0.3 is 19.4 Å². The Balaban J connectivity index is 1.34. The van der Waals surface area contributed by atoms with Crippen LogP contribution in [0.15, 0.2) is 57.5 Å². The van der Waals surface area contributed by atoms with Crippen LogP contribution < -0.4 is 10.3 Å². The molecule has 0 radical (unpaired) electrons. The molecule has 1 atom stereocenters. The van der Waals surface area contributed by atoms with Gasteiger partial charge in [-0.25, -0.2) is 14.2 Å². The van der Waals surface area contributed by atoms with Gasteiger partial charge in [0.2, 0.25) is 5.43 Å². The molecule has 194 valence electrons. The number of aliphatic imine (C=N–C) groups is 1. The minimum Gasteiger partial charge on any atom is -0.477 e. The van der Waals surface area contributed by atoms with E-state index in [-0.39, 0.29) is 28.7 Å². The molecule has 1 unspecified atom stereocenters. The van der Waals surface area contributed by atoms with Crippen LogP contribution in [-0.4, -0.2) is 58.8 Å². The lowest BCUT2D eigenvalue weighted by atomic mass is 9.95. The number of anilines is 1. The topological polar surface area (TPSA) is 109 Å². The zero-order valence-electron chi connectivity index (χ0n) is 20.8. The molecule has 0 amide bonds. The molecule has 2 aromatic heterocycles. The number of hydrogen-bond donors (Lipinski definition) is 1. The van der Waals surface area contributed by atoms with Crippen molar-refractivity contribution in [3.8, 4) is 0 Å². The van der Waals surface area contributed by atoms with Crippen molar-refractivity contribution in [3.63, 3.8) is 0 Å². The summed E-state index contributed by atoms with van der Waals surface area (Å²) in [6.45, 7) is 1.18. The maximum Gasteiger partial charge on any atom is 0.341 e. The summed E-state index contributed by atoms with van der Waals surface area (Å²) in [5.41, 5.74) is 3.14. The van der Waals surface area contributed by atoms with E-state index >= 15 is 4.39 Å². The van der Waals surface area contributed by atoms with Crippen LogP contribution in [0.2, 0.25) is 0 Å². The SMILES string of the molecule is CON=C1CN(c2nc3c(cc2F)c(=O)c(C(=O)O)cn3C2CC2)CC1CN=C1CC=Cc2ccccc21. The first-order valence-corrected chi connectivity index (χ1v) is 12.6. The number of carbonyl (C=O) groups is 1. The van der Waals surface area contributed by atoms with E-state index in [1.807, 2.05) is 12.1 Å². The van der Waals surface area contributed by atoms with Crippen LogP contribution in [0, 0.1) is 11.7 Å². The Hall–Kier alpha value is -4.34. The minimum absolute atomic E-state index is 0.0324. The Bertz CT molecular complexity index is 1600. The van der Waals surface area contributed by atoms with Crippen molar-refractivity contribution in [2.45, 2.75) is 25.3 Å². The van der Waals surface area contributed by atoms with Crippen molar-refractivity contribution >= 4 is 40.3 Å². The summed E-state index contributed by atoms with van der Waals surface area (Å²) in [5.74, 6) is -2.04. The predicted molar refractivity (Wildman–Crippen MR) is 143 cm³/mol. The summed E-state index contributed by atoms with van der Waals surface area (Å²) < 4.78 is 17.1. The zero-order valence-corrected chi connectivity index (χ0v) is 20.8. The van der Waals surface area contributed by atoms with Crippen molar-refractivity contribution in [2.75, 3.05) is 31.6 Å². The molecule has 1 N–H and O–H groups in total. The molecule has 6 rings (SSSR count). The van der Waals surface area contributed by atoms with Crippen molar-refractivity contribution in [1.82, 2.24) is 9.55 Å². The molecular formula is C28H26FN5O4. The smallest absolute Gasteiger partial charge is 0.341 e. The third-order valence-electron chi connectivity index (χ3n) is 7.27. The lowest BCUT2D eigenvalue weighted by molar-refractivity contribution is 0.0695. The molecule has 2 aliphatic carbocycles. The normalized spacial score (nSPS) is 20.9. The molecule has 3 aromatic rings. The summed E-state index contributed by atoms with van der Waals surface area (Å²) in [5, 5.41) is 13.7. The van der Waals surface area contributed by atoms with E-state index in [4.69, 9.17) is 9.83 Å². The van der Waals surface area contributed by atoms with Crippen LogP contribution in [0.1, 0.15) is 46.8 Å². The fourth-order valence-corrected chi connectivity index (χ4v) is 5.23. The van der Waals surface area contributed by atoms with Crippen molar-refractivity contribution in [3.05, 3.63) is 75.3 Å². The first-order valence-electron chi connectivity index (χ1n) is 12.6. The fourth-order valence-electron chi connectivity index (χ4n) is 5.23. The molecule has 2 fully saturated rings. The monoisotopic (exact) mass is 515 g/mol. The van der Waals surface area contributed by atoms with Crippen molar-refractivity contribution in [2.24, 2.45) is 16.1 Å². The van der Waals surface area contributed by atoms with Crippen LogP contribution >= 0.6 is 0 Å². The van der Waals surface area contributed by atoms with E-state index in [1.165, 1.54) is 13.3 Å². The van der Waals surface area contributed by atoms with Gasteiger partial charge in [0.05, 0.1) is 17.6 Å². The van der Waals surface area contributed by atoms with Gasteiger partial charge in [0.1, 0.15) is 18.3 Å². The van der Waals surface area contributed by atoms with Gasteiger partial charge in [-0.3, -0.25) is 9.79 Å². The quantitative estimate of drug-likeness (QED) is 0.499. The number of pyridine rings is 2. The molecule has 1 saturated carbocycles. The van der Waals surface area contributed by atoms with E-state index in [2.05, 4.69) is 34.4 Å². The second-order valence-electron chi connectivity index (χ2n) is 9.80. The summed E-state index contributed by atoms with van der Waals surface area (Å²) in [7, 11) is 1.48. The van der Waals surface area contributed by atoms with Crippen LogP contribution in [0.4, 0.5) is 10.2 Å². The highest BCUT2D eigenvalue weighted by molar-refractivity contribution is 6.06. The summed E-state index contributed by atoms with van der Waals surface area (Å²) in [6, 6.07) is 9.27. The predicted octanol–water partition coefficient (Wildman–Crippen LogP) is 3.91. The summed E-state index contributed by atoms with van der Waals surface area (Å²) in [6.07, 6.45) is 7.95. The third kappa shape index (κ3) is 4.25. The van der Waals surface area contributed by atoms with Gasteiger partial charge in [0.15, 0.2) is 11.6 Å². The molecule has 3 aliphatic rings. The van der Waals surface area contributed by atoms with E-state index in [9.17, 15) is 14.7 Å². The standard InChI is InChI=1S/C28H26FN5O4/c1-38-32-24-15-33(13-17(24)12-30-23-8-4-6-16-5-2-3-7-19(16)23)27-22(29)11-20-25(35)21(28(36)37)14-34(18-9-10-18)26(20)31-27/h2-7,11,14,17-18H,8-10,12-13,15H2,1H3,(H,36,37). The second kappa shape index (κ2) is 9.51. The third-order valence-corrected chi connectivity index (χ3v) is 7.27. The number of benzene rings is 1. The zero-order chi connectivity index (χ0) is 26.4. The highest BCUT2D eigenvalue weighted by Gasteiger charge is 2.34. The maximum absolute atomic E-state index is 15.4. The Morgan fingerprint density at radius 2 is 2.11 bits per heavy atom. The molecule has 0 bridgehead atoms. The number of rotatable bonds is 6. The largest absolute Gasteiger partial charge is 0.477 e. The molecule has 10 heteroatoms. The highest BCUT2D eigenvalue weighted by atomic mass is 19.1. The highest BCUT2D eigenvalue weighted by Crippen LogP contribution is 2.37. The Morgan fingerprint density at radius 3 is 2.87 bits per heavy atom. The van der Waals surface area contributed by atoms with Gasteiger partial charge in [-0.05, 0) is 24.5 Å². The van der Waals surface area contributed by atoms with Gasteiger partial charge in [-0.15, -0.1) is 0 Å². The lowest BCUT2D eigenvalue weighted by Crippen LogP contribution is -2.25. The molecule has 1 aromatic carbocycles. The number of halogens is 1. The Kier molecular flexibility index (Phi) is 6.01. The van der Waals surface area contributed by atoms with Crippen LogP contribution in [0.3, 0.4) is 0 Å². The number of nitrogens with zero attached hydrogens (tertiary/aromatic N) is 5. The van der Waals surface area contributed by atoms with Gasteiger partial charge in [-0.1, -0.05) is 41.6 Å². The van der Waals surface area contributed by atoms with Crippen LogP contribution in [0.25, 0.3) is 17.1 Å². The molecule has 3 heterocycles. The Morgan fingerprint density at radius 1 is 1.29 bits per heavy atom. The van der Waals surface area contributed by atoms with Crippen molar-refractivity contribution < 1.29 is 19.1 Å². The average molecular weight is 516 g/mol. The van der Waals surface area contributed by atoms with E-state index in [0.29, 0.717) is 25.3 Å². The number of carboxylic acids is 1. The number of fused-ring (bicyclic) bond motifs is 2. The first-order chi connectivity index (χ1) is 18.4. The number of carboxylic acid groups (broad SMARTS) is 1. The van der Waals surface area contributed by atoms with Gasteiger partial charge in [0, 0.05) is 48.9 Å². The van der Waals surface area contributed by atoms with Crippen molar-refractivity contribution in [1.29, 1.82) is 0 Å². The van der Waals surface area contributed by atoms with Crippen LogP contribution in [0.5, 0.6) is 0 Å². The van der Waals surface area contributed by atoms with Crippen LogP contribution in [-0.2, 0) is 4.84 Å². The van der Waals surface area contributed by atoms with E-state index < -0.39 is 17.2 Å². The second-order valence-corrected chi connectivity index (χ2v) is 9.80. The van der Waals surface area contributed by atoms with Gasteiger partial charge in [-0.2, -0.15) is 0 Å². The maximum atomic E-state index is 15.4.